The molecule has 2 N–H and O–H groups in total. The first-order chi connectivity index (χ1) is 11.6. The highest BCUT2D eigenvalue weighted by molar-refractivity contribution is 6.06. The fraction of sp³-hybridized carbons (Fsp3) is 0.500. The van der Waals surface area contributed by atoms with Crippen LogP contribution >= 0.6 is 24.8 Å². The summed E-state index contributed by atoms with van der Waals surface area (Å²) in [6, 6.07) is 8.73. The minimum atomic E-state index is 0. The molecule has 1 saturated carbocycles. The Morgan fingerprint density at radius 2 is 1.96 bits per heavy atom. The van der Waals surface area contributed by atoms with Crippen LogP contribution in [0.5, 0.6) is 0 Å². The van der Waals surface area contributed by atoms with Gasteiger partial charge in [-0.1, -0.05) is 11.6 Å². The number of hydrogen-bond acceptors (Lipinski definition) is 3. The predicted octanol–water partition coefficient (Wildman–Crippen LogP) is 4.13. The van der Waals surface area contributed by atoms with E-state index in [-0.39, 0.29) is 36.8 Å². The summed E-state index contributed by atoms with van der Waals surface area (Å²) in [5.41, 5.74) is 3.95. The Hall–Kier alpha value is -1.36. The lowest BCUT2D eigenvalue weighted by molar-refractivity contribution is 0.0921. The minimum Gasteiger partial charge on any atom is -0.348 e. The molecule has 1 aromatic heterocycles. The average Bonchev–Trinajstić information content (AvgIpc) is 3.41. The van der Waals surface area contributed by atoms with Gasteiger partial charge in [0.2, 0.25) is 0 Å². The number of benzene rings is 1. The van der Waals surface area contributed by atoms with Gasteiger partial charge in [-0.25, -0.2) is 0 Å². The first-order valence-electron chi connectivity index (χ1n) is 9.07. The van der Waals surface area contributed by atoms with Crippen LogP contribution in [-0.2, 0) is 0 Å². The number of nitrogens with zero attached hydrogens (tertiary/aromatic N) is 1. The largest absolute Gasteiger partial charge is 0.348 e. The van der Waals surface area contributed by atoms with Crippen LogP contribution in [-0.4, -0.2) is 29.5 Å². The lowest BCUT2D eigenvalue weighted by atomic mass is 9.98. The Morgan fingerprint density at radius 1 is 1.19 bits per heavy atom. The highest BCUT2D eigenvalue weighted by Gasteiger charge is 2.28. The van der Waals surface area contributed by atoms with Gasteiger partial charge in [-0.15, -0.1) is 24.8 Å². The molecule has 0 spiro atoms. The maximum atomic E-state index is 13.0. The van der Waals surface area contributed by atoms with Gasteiger partial charge in [-0.3, -0.25) is 9.78 Å². The summed E-state index contributed by atoms with van der Waals surface area (Å²) in [5, 5.41) is 7.67. The molecule has 2 fully saturated rings. The fourth-order valence-corrected chi connectivity index (χ4v) is 3.62. The monoisotopic (exact) mass is 395 g/mol. The number of halogens is 2. The number of amides is 1. The number of carbonyl (C=O) groups is 1. The van der Waals surface area contributed by atoms with Crippen molar-refractivity contribution in [2.24, 2.45) is 0 Å². The summed E-state index contributed by atoms with van der Waals surface area (Å²) in [6.45, 7) is 5.24. The zero-order valence-electron chi connectivity index (χ0n) is 15.2. The normalized spacial score (nSPS) is 22.2. The molecule has 0 bridgehead atoms. The lowest BCUT2D eigenvalue weighted by Crippen LogP contribution is -2.51. The van der Waals surface area contributed by atoms with Crippen molar-refractivity contribution in [3.05, 3.63) is 41.1 Å². The van der Waals surface area contributed by atoms with E-state index in [1.165, 1.54) is 12.8 Å². The summed E-state index contributed by atoms with van der Waals surface area (Å²) in [5.74, 6) is 0.577. The van der Waals surface area contributed by atoms with E-state index in [0.717, 1.165) is 47.1 Å². The van der Waals surface area contributed by atoms with Crippen LogP contribution < -0.4 is 10.6 Å². The second-order valence-electron chi connectivity index (χ2n) is 7.35. The minimum absolute atomic E-state index is 0. The predicted molar refractivity (Wildman–Crippen MR) is 111 cm³/mol. The molecule has 2 atom stereocenters. The van der Waals surface area contributed by atoms with Gasteiger partial charge in [0.05, 0.1) is 11.1 Å². The molecule has 1 aliphatic heterocycles. The number of nitrogens with one attached hydrogen (secondary N) is 2. The smallest absolute Gasteiger partial charge is 0.252 e. The van der Waals surface area contributed by atoms with Gasteiger partial charge in [-0.2, -0.15) is 0 Å². The topological polar surface area (TPSA) is 54.0 Å². The van der Waals surface area contributed by atoms with E-state index in [1.54, 1.807) is 0 Å². The maximum Gasteiger partial charge on any atom is 0.252 e. The van der Waals surface area contributed by atoms with Crippen LogP contribution in [0.3, 0.4) is 0 Å². The summed E-state index contributed by atoms with van der Waals surface area (Å²) >= 11 is 0. The molecule has 26 heavy (non-hydrogen) atoms. The van der Waals surface area contributed by atoms with Gasteiger partial charge < -0.3 is 10.6 Å². The van der Waals surface area contributed by atoms with Crippen molar-refractivity contribution in [3.63, 3.8) is 0 Å². The molecule has 142 valence electrons. The maximum absolute atomic E-state index is 13.0. The molecule has 1 saturated heterocycles. The molecule has 4 rings (SSSR count). The molecule has 1 aliphatic carbocycles. The van der Waals surface area contributed by atoms with Gasteiger partial charge in [0.1, 0.15) is 0 Å². The standard InChI is InChI=1S/C20H25N3O.2ClH/c1-12-5-8-18-15(10-12)16(11-19(22-18)14-6-7-14)20(24)23-17-4-3-9-21-13(17)2;;/h5,8,10-11,13-14,17,21H,3-4,6-7,9H2,1-2H3,(H,23,24);2*1H. The molecule has 1 aromatic carbocycles. The van der Waals surface area contributed by atoms with Gasteiger partial charge in [0.15, 0.2) is 0 Å². The zero-order chi connectivity index (χ0) is 16.7. The van der Waals surface area contributed by atoms with Crippen LogP contribution in [0.2, 0.25) is 0 Å². The SMILES string of the molecule is Cc1ccc2nc(C3CC3)cc(C(=O)NC3CCCNC3C)c2c1.Cl.Cl. The molecular formula is C20H27Cl2N3O. The Labute approximate surface area is 167 Å². The number of hydrogen-bond donors (Lipinski definition) is 2. The van der Waals surface area contributed by atoms with E-state index in [2.05, 4.69) is 36.6 Å². The summed E-state index contributed by atoms with van der Waals surface area (Å²) in [7, 11) is 0. The van der Waals surface area contributed by atoms with Crippen molar-refractivity contribution in [1.29, 1.82) is 0 Å². The Balaban J connectivity index is 0.00000121. The van der Waals surface area contributed by atoms with Crippen molar-refractivity contribution in [1.82, 2.24) is 15.6 Å². The van der Waals surface area contributed by atoms with E-state index in [0.29, 0.717) is 12.0 Å². The third-order valence-electron chi connectivity index (χ3n) is 5.30. The van der Waals surface area contributed by atoms with E-state index >= 15 is 0 Å². The third kappa shape index (κ3) is 4.30. The summed E-state index contributed by atoms with van der Waals surface area (Å²) in [4.78, 5) is 17.8. The van der Waals surface area contributed by atoms with Gasteiger partial charge >= 0.3 is 0 Å². The molecular weight excluding hydrogens is 369 g/mol. The molecule has 2 unspecified atom stereocenters. The van der Waals surface area contributed by atoms with E-state index in [1.807, 2.05) is 12.1 Å². The summed E-state index contributed by atoms with van der Waals surface area (Å²) < 4.78 is 0. The van der Waals surface area contributed by atoms with Crippen LogP contribution in [0.1, 0.15) is 60.1 Å². The van der Waals surface area contributed by atoms with Gasteiger partial charge in [0.25, 0.3) is 5.91 Å². The van der Waals surface area contributed by atoms with Crippen LogP contribution in [0.15, 0.2) is 24.3 Å². The number of aryl methyl sites for hydroxylation is 1. The van der Waals surface area contributed by atoms with Gasteiger partial charge in [-0.05, 0) is 64.3 Å². The molecule has 1 amide bonds. The second kappa shape index (κ2) is 8.55. The number of piperidine rings is 1. The molecule has 2 aromatic rings. The Kier molecular flexibility index (Phi) is 6.89. The number of pyridine rings is 1. The van der Waals surface area contributed by atoms with Crippen LogP contribution in [0, 0.1) is 6.92 Å². The number of rotatable bonds is 3. The molecule has 4 nitrogen and oxygen atoms in total. The lowest BCUT2D eigenvalue weighted by Gasteiger charge is -2.30. The number of aromatic nitrogens is 1. The Bertz CT molecular complexity index is 792. The third-order valence-corrected chi connectivity index (χ3v) is 5.30. The quantitative estimate of drug-likeness (QED) is 0.820. The average molecular weight is 396 g/mol. The van der Waals surface area contributed by atoms with E-state index in [4.69, 9.17) is 4.98 Å². The number of carbonyl (C=O) groups excluding carboxylic acids is 1. The van der Waals surface area contributed by atoms with Crippen LogP contribution in [0.25, 0.3) is 10.9 Å². The molecule has 2 aliphatic rings. The van der Waals surface area contributed by atoms with E-state index < -0.39 is 0 Å². The molecule has 6 heteroatoms. The van der Waals surface area contributed by atoms with Crippen molar-refractivity contribution in [2.45, 2.75) is 57.5 Å². The molecule has 2 heterocycles. The zero-order valence-corrected chi connectivity index (χ0v) is 16.9. The Morgan fingerprint density at radius 3 is 2.65 bits per heavy atom. The van der Waals surface area contributed by atoms with Crippen molar-refractivity contribution < 1.29 is 4.79 Å². The van der Waals surface area contributed by atoms with Crippen molar-refractivity contribution >= 4 is 41.6 Å². The first-order valence-corrected chi connectivity index (χ1v) is 9.07. The van der Waals surface area contributed by atoms with Crippen molar-refractivity contribution in [3.8, 4) is 0 Å². The second-order valence-corrected chi connectivity index (χ2v) is 7.35. The van der Waals surface area contributed by atoms with Gasteiger partial charge in [0, 0.05) is 29.1 Å². The number of fused-ring (bicyclic) bond motifs is 1. The van der Waals surface area contributed by atoms with E-state index in [9.17, 15) is 4.79 Å². The summed E-state index contributed by atoms with van der Waals surface area (Å²) in [6.07, 6.45) is 4.53. The van der Waals surface area contributed by atoms with Crippen LogP contribution in [0.4, 0.5) is 0 Å². The highest BCUT2D eigenvalue weighted by atomic mass is 35.5. The first kappa shape index (κ1) is 20.9. The van der Waals surface area contributed by atoms with Crippen molar-refractivity contribution in [2.75, 3.05) is 6.54 Å². The molecule has 0 radical (unpaired) electrons. The fourth-order valence-electron chi connectivity index (χ4n) is 3.62. The highest BCUT2D eigenvalue weighted by Crippen LogP contribution is 2.40.